The van der Waals surface area contributed by atoms with Crippen LogP contribution in [0.4, 0.5) is 0 Å². The van der Waals surface area contributed by atoms with Crippen LogP contribution in [0.3, 0.4) is 0 Å². The number of primary amides is 1. The second-order valence-corrected chi connectivity index (χ2v) is 4.80. The number of rotatable bonds is 4. The van der Waals surface area contributed by atoms with Gasteiger partial charge in [-0.15, -0.1) is 0 Å². The first kappa shape index (κ1) is 11.1. The van der Waals surface area contributed by atoms with Crippen molar-refractivity contribution in [3.05, 3.63) is 22.4 Å². The van der Waals surface area contributed by atoms with Gasteiger partial charge in [-0.3, -0.25) is 9.59 Å². The van der Waals surface area contributed by atoms with Crippen molar-refractivity contribution < 1.29 is 9.59 Å². The Labute approximate surface area is 98.0 Å². The highest BCUT2D eigenvalue weighted by Crippen LogP contribution is 2.18. The number of hydrogen-bond donors (Lipinski definition) is 1. The van der Waals surface area contributed by atoms with E-state index in [-0.39, 0.29) is 24.2 Å². The maximum Gasteiger partial charge on any atom is 0.223 e. The average molecular weight is 238 g/mol. The van der Waals surface area contributed by atoms with E-state index in [1.165, 1.54) is 5.56 Å². The van der Waals surface area contributed by atoms with Crippen molar-refractivity contribution in [2.24, 2.45) is 11.7 Å². The van der Waals surface area contributed by atoms with Gasteiger partial charge in [0.15, 0.2) is 0 Å². The molecule has 2 heterocycles. The smallest absolute Gasteiger partial charge is 0.223 e. The lowest BCUT2D eigenvalue weighted by molar-refractivity contribution is -0.128. The molecule has 2 amide bonds. The molecule has 0 aromatic carbocycles. The second kappa shape index (κ2) is 4.65. The van der Waals surface area contributed by atoms with Crippen LogP contribution in [-0.4, -0.2) is 29.8 Å². The van der Waals surface area contributed by atoms with E-state index >= 15 is 0 Å². The van der Waals surface area contributed by atoms with Gasteiger partial charge in [0.25, 0.3) is 0 Å². The summed E-state index contributed by atoms with van der Waals surface area (Å²) in [4.78, 5) is 24.3. The highest BCUT2D eigenvalue weighted by molar-refractivity contribution is 7.07. The number of thiophene rings is 1. The Bertz CT molecular complexity index is 389. The molecule has 1 saturated heterocycles. The molecular weight excluding hydrogens is 224 g/mol. The summed E-state index contributed by atoms with van der Waals surface area (Å²) in [5, 5.41) is 4.10. The van der Waals surface area contributed by atoms with Crippen molar-refractivity contribution in [2.45, 2.75) is 12.8 Å². The number of nitrogens with zero attached hydrogens (tertiary/aromatic N) is 1. The van der Waals surface area contributed by atoms with Crippen LogP contribution in [0.25, 0.3) is 0 Å². The molecule has 0 saturated carbocycles. The summed E-state index contributed by atoms with van der Waals surface area (Å²) in [6.07, 6.45) is 1.12. The van der Waals surface area contributed by atoms with Crippen molar-refractivity contribution >= 4 is 23.2 Å². The molecule has 1 fully saturated rings. The summed E-state index contributed by atoms with van der Waals surface area (Å²) in [7, 11) is 0. The van der Waals surface area contributed by atoms with Crippen LogP contribution >= 0.6 is 11.3 Å². The van der Waals surface area contributed by atoms with E-state index in [1.807, 2.05) is 5.38 Å². The van der Waals surface area contributed by atoms with Gasteiger partial charge >= 0.3 is 0 Å². The summed E-state index contributed by atoms with van der Waals surface area (Å²) in [6.45, 7) is 1.16. The van der Waals surface area contributed by atoms with E-state index in [9.17, 15) is 9.59 Å². The third-order valence-corrected chi connectivity index (χ3v) is 3.60. The van der Waals surface area contributed by atoms with Crippen molar-refractivity contribution in [3.8, 4) is 0 Å². The Balaban J connectivity index is 1.87. The summed E-state index contributed by atoms with van der Waals surface area (Å²) >= 11 is 1.65. The minimum Gasteiger partial charge on any atom is -0.369 e. The molecule has 1 aliphatic heterocycles. The Morgan fingerprint density at radius 3 is 3.00 bits per heavy atom. The van der Waals surface area contributed by atoms with Gasteiger partial charge in [-0.2, -0.15) is 11.3 Å². The molecule has 86 valence electrons. The van der Waals surface area contributed by atoms with Gasteiger partial charge in [0.05, 0.1) is 5.92 Å². The van der Waals surface area contributed by atoms with Gasteiger partial charge in [0, 0.05) is 19.5 Å². The van der Waals surface area contributed by atoms with Gasteiger partial charge in [0.2, 0.25) is 11.8 Å². The average Bonchev–Trinajstić information content (AvgIpc) is 2.84. The van der Waals surface area contributed by atoms with Crippen molar-refractivity contribution in [2.75, 3.05) is 13.1 Å². The molecule has 1 aromatic heterocycles. The molecule has 0 bridgehead atoms. The maximum absolute atomic E-state index is 11.6. The number of carbonyl (C=O) groups is 2. The lowest BCUT2D eigenvalue weighted by atomic mass is 10.1. The number of hydrogen-bond acceptors (Lipinski definition) is 3. The summed E-state index contributed by atoms with van der Waals surface area (Å²) in [5.74, 6) is -0.625. The Hall–Kier alpha value is -1.36. The minimum absolute atomic E-state index is 0.0408. The molecule has 16 heavy (non-hydrogen) atoms. The van der Waals surface area contributed by atoms with Crippen LogP contribution in [-0.2, 0) is 16.0 Å². The molecule has 4 nitrogen and oxygen atoms in total. The fourth-order valence-corrected chi connectivity index (χ4v) is 2.58. The quantitative estimate of drug-likeness (QED) is 0.836. The molecule has 0 spiro atoms. The number of carbonyl (C=O) groups excluding carboxylic acids is 2. The molecule has 2 rings (SSSR count). The van der Waals surface area contributed by atoms with Crippen LogP contribution < -0.4 is 5.73 Å². The number of likely N-dealkylation sites (tertiary alicyclic amines) is 1. The first-order valence-electron chi connectivity index (χ1n) is 5.25. The molecule has 0 radical (unpaired) electrons. The van der Waals surface area contributed by atoms with Crippen molar-refractivity contribution in [1.29, 1.82) is 0 Å². The fourth-order valence-electron chi connectivity index (χ4n) is 1.88. The topological polar surface area (TPSA) is 63.4 Å². The van der Waals surface area contributed by atoms with Crippen molar-refractivity contribution in [1.82, 2.24) is 4.90 Å². The maximum atomic E-state index is 11.6. The lowest BCUT2D eigenvalue weighted by Gasteiger charge is -2.15. The van der Waals surface area contributed by atoms with E-state index < -0.39 is 0 Å². The molecule has 0 aliphatic carbocycles. The summed E-state index contributed by atoms with van der Waals surface area (Å²) in [6, 6.07) is 2.05. The molecule has 1 unspecified atom stereocenters. The minimum atomic E-state index is -0.369. The first-order valence-corrected chi connectivity index (χ1v) is 6.19. The number of amides is 2. The zero-order valence-electron chi connectivity index (χ0n) is 8.89. The molecule has 1 atom stereocenters. The lowest BCUT2D eigenvalue weighted by Crippen LogP contribution is -2.30. The van der Waals surface area contributed by atoms with Gasteiger partial charge in [0.1, 0.15) is 0 Å². The molecule has 2 N–H and O–H groups in total. The highest BCUT2D eigenvalue weighted by atomic mass is 32.1. The van der Waals surface area contributed by atoms with E-state index in [1.54, 1.807) is 16.2 Å². The van der Waals surface area contributed by atoms with Crippen LogP contribution in [0, 0.1) is 5.92 Å². The summed E-state index contributed by atoms with van der Waals surface area (Å²) in [5.41, 5.74) is 6.43. The third-order valence-electron chi connectivity index (χ3n) is 2.87. The monoisotopic (exact) mass is 238 g/mol. The third kappa shape index (κ3) is 2.41. The van der Waals surface area contributed by atoms with E-state index in [0.29, 0.717) is 13.1 Å². The summed E-state index contributed by atoms with van der Waals surface area (Å²) < 4.78 is 0. The Kier molecular flexibility index (Phi) is 3.24. The van der Waals surface area contributed by atoms with Crippen LogP contribution in [0.2, 0.25) is 0 Å². The molecule has 1 aliphatic rings. The van der Waals surface area contributed by atoms with Gasteiger partial charge < -0.3 is 10.6 Å². The van der Waals surface area contributed by atoms with Crippen LogP contribution in [0.15, 0.2) is 16.8 Å². The predicted octanol–water partition coefficient (Wildman–Crippen LogP) is 0.624. The number of nitrogens with two attached hydrogens (primary N) is 1. The van der Waals surface area contributed by atoms with Crippen molar-refractivity contribution in [3.63, 3.8) is 0 Å². The van der Waals surface area contributed by atoms with E-state index in [0.717, 1.165) is 6.42 Å². The standard InChI is InChI=1S/C11H14N2O2S/c12-11(15)9-5-10(14)13(6-9)3-1-8-2-4-16-7-8/h2,4,7,9H,1,3,5-6H2,(H2,12,15). The second-order valence-electron chi connectivity index (χ2n) is 4.02. The largest absolute Gasteiger partial charge is 0.369 e. The molecule has 1 aromatic rings. The zero-order valence-corrected chi connectivity index (χ0v) is 9.70. The van der Waals surface area contributed by atoms with Gasteiger partial charge in [-0.1, -0.05) is 0 Å². The Morgan fingerprint density at radius 2 is 2.44 bits per heavy atom. The SMILES string of the molecule is NC(=O)C1CC(=O)N(CCc2ccsc2)C1. The normalized spacial score (nSPS) is 20.4. The van der Waals surface area contributed by atoms with E-state index in [2.05, 4.69) is 11.4 Å². The molecular formula is C11H14N2O2S. The first-order chi connectivity index (χ1) is 7.66. The van der Waals surface area contributed by atoms with Crippen LogP contribution in [0.1, 0.15) is 12.0 Å². The van der Waals surface area contributed by atoms with Crippen LogP contribution in [0.5, 0.6) is 0 Å². The highest BCUT2D eigenvalue weighted by Gasteiger charge is 2.32. The zero-order chi connectivity index (χ0) is 11.5. The van der Waals surface area contributed by atoms with Gasteiger partial charge in [-0.05, 0) is 28.8 Å². The fraction of sp³-hybridized carbons (Fsp3) is 0.455. The van der Waals surface area contributed by atoms with E-state index in [4.69, 9.17) is 5.73 Å². The molecule has 5 heteroatoms. The Morgan fingerprint density at radius 1 is 1.62 bits per heavy atom. The predicted molar refractivity (Wildman–Crippen MR) is 61.9 cm³/mol. The van der Waals surface area contributed by atoms with Gasteiger partial charge in [-0.25, -0.2) is 0 Å².